The summed E-state index contributed by atoms with van der Waals surface area (Å²) in [7, 11) is 3.00. The van der Waals surface area contributed by atoms with E-state index in [0.717, 1.165) is 25.7 Å². The van der Waals surface area contributed by atoms with Crippen molar-refractivity contribution in [2.75, 3.05) is 40.5 Å². The number of hydrogen-bond acceptors (Lipinski definition) is 8. The SMILES string of the molecule is COCCN(C(=O)C1CCCC1)[C@@H]1C=C(C(=O)NCCO)[C@@H]2c3cc(C=O)cc(OC)c3O[C@@H]2[C@H]1O. The van der Waals surface area contributed by atoms with E-state index in [1.807, 2.05) is 0 Å². The maximum Gasteiger partial charge on any atom is 0.247 e. The Morgan fingerprint density at radius 1 is 1.25 bits per heavy atom. The zero-order valence-electron chi connectivity index (χ0n) is 20.6. The van der Waals surface area contributed by atoms with Gasteiger partial charge in [0.2, 0.25) is 11.8 Å². The van der Waals surface area contributed by atoms with Gasteiger partial charge in [0.25, 0.3) is 0 Å². The number of carbonyl (C=O) groups is 3. The summed E-state index contributed by atoms with van der Waals surface area (Å²) in [6, 6.07) is 2.34. The van der Waals surface area contributed by atoms with Gasteiger partial charge < -0.3 is 34.6 Å². The van der Waals surface area contributed by atoms with Crippen molar-refractivity contribution in [2.45, 2.75) is 49.9 Å². The van der Waals surface area contributed by atoms with E-state index >= 15 is 0 Å². The van der Waals surface area contributed by atoms with Crippen LogP contribution in [-0.2, 0) is 14.3 Å². The van der Waals surface area contributed by atoms with Crippen LogP contribution >= 0.6 is 0 Å². The fraction of sp³-hybridized carbons (Fsp3) is 0.577. The number of carbonyl (C=O) groups excluding carboxylic acids is 3. The summed E-state index contributed by atoms with van der Waals surface area (Å²) in [6.07, 6.45) is 3.81. The molecule has 2 aliphatic carbocycles. The number of nitrogens with one attached hydrogen (secondary N) is 1. The predicted octanol–water partition coefficient (Wildman–Crippen LogP) is 0.796. The lowest BCUT2D eigenvalue weighted by molar-refractivity contribution is -0.142. The van der Waals surface area contributed by atoms with Crippen LogP contribution in [0.15, 0.2) is 23.8 Å². The number of amides is 2. The molecule has 1 aliphatic heterocycles. The molecule has 0 unspecified atom stereocenters. The Balaban J connectivity index is 1.78. The smallest absolute Gasteiger partial charge is 0.247 e. The van der Waals surface area contributed by atoms with E-state index in [1.165, 1.54) is 13.2 Å². The lowest BCUT2D eigenvalue weighted by atomic mass is 9.77. The molecule has 3 N–H and O–H groups in total. The number of aliphatic hydroxyl groups is 2. The number of rotatable bonds is 10. The van der Waals surface area contributed by atoms with Gasteiger partial charge in [-0.25, -0.2) is 0 Å². The zero-order chi connectivity index (χ0) is 25.8. The van der Waals surface area contributed by atoms with Crippen molar-refractivity contribution in [1.29, 1.82) is 0 Å². The topological polar surface area (TPSA) is 135 Å². The summed E-state index contributed by atoms with van der Waals surface area (Å²) < 4.78 is 16.9. The van der Waals surface area contributed by atoms with E-state index in [0.29, 0.717) is 34.5 Å². The Hall–Kier alpha value is -2.95. The lowest BCUT2D eigenvalue weighted by Crippen LogP contribution is -2.57. The van der Waals surface area contributed by atoms with Crippen molar-refractivity contribution in [3.8, 4) is 11.5 Å². The second-order valence-corrected chi connectivity index (χ2v) is 9.41. The number of ether oxygens (including phenoxy) is 3. The van der Waals surface area contributed by atoms with Crippen LogP contribution < -0.4 is 14.8 Å². The Morgan fingerprint density at radius 2 is 2.00 bits per heavy atom. The number of aldehydes is 1. The van der Waals surface area contributed by atoms with Gasteiger partial charge in [0, 0.05) is 42.8 Å². The molecule has 1 heterocycles. The molecular formula is C26H34N2O8. The van der Waals surface area contributed by atoms with Crippen LogP contribution in [0, 0.1) is 5.92 Å². The molecule has 4 rings (SSSR count). The van der Waals surface area contributed by atoms with E-state index in [4.69, 9.17) is 14.2 Å². The molecule has 196 valence electrons. The molecule has 1 aromatic carbocycles. The van der Waals surface area contributed by atoms with Crippen LogP contribution in [0.3, 0.4) is 0 Å². The minimum absolute atomic E-state index is 0.0422. The molecular weight excluding hydrogens is 468 g/mol. The number of aliphatic hydroxyl groups excluding tert-OH is 2. The van der Waals surface area contributed by atoms with Gasteiger partial charge in [-0.1, -0.05) is 12.8 Å². The quantitative estimate of drug-likeness (QED) is 0.400. The third-order valence-electron chi connectivity index (χ3n) is 7.29. The standard InChI is InChI=1S/C26H34N2O8/c1-34-10-8-28(26(33)16-5-3-4-6-16)19-13-18(25(32)27-7-9-29)21-17-11-15(14-30)12-20(35-2)23(17)36-24(21)22(19)31/h11-14,16,19,21-22,24,29,31H,3-10H2,1-2H3,(H,27,32)/t19-,21+,22+,24+/m1/s1. The Kier molecular flexibility index (Phi) is 8.28. The maximum absolute atomic E-state index is 13.5. The Morgan fingerprint density at radius 3 is 2.64 bits per heavy atom. The lowest BCUT2D eigenvalue weighted by Gasteiger charge is -2.41. The van der Waals surface area contributed by atoms with Crippen molar-refractivity contribution in [2.24, 2.45) is 5.92 Å². The summed E-state index contributed by atoms with van der Waals surface area (Å²) >= 11 is 0. The summed E-state index contributed by atoms with van der Waals surface area (Å²) in [5.41, 5.74) is 1.20. The largest absolute Gasteiger partial charge is 0.493 e. The molecule has 0 saturated heterocycles. The van der Waals surface area contributed by atoms with Crippen LogP contribution in [-0.4, -0.2) is 92.0 Å². The monoisotopic (exact) mass is 502 g/mol. The molecule has 2 amide bonds. The minimum Gasteiger partial charge on any atom is -0.493 e. The van der Waals surface area contributed by atoms with Gasteiger partial charge in [0.05, 0.1) is 32.3 Å². The molecule has 1 fully saturated rings. The van der Waals surface area contributed by atoms with E-state index in [-0.39, 0.29) is 38.1 Å². The molecule has 10 heteroatoms. The van der Waals surface area contributed by atoms with E-state index < -0.39 is 30.1 Å². The van der Waals surface area contributed by atoms with Crippen LogP contribution in [0.25, 0.3) is 0 Å². The second kappa shape index (κ2) is 11.4. The van der Waals surface area contributed by atoms with Gasteiger partial charge in [0.1, 0.15) is 18.5 Å². The van der Waals surface area contributed by atoms with Crippen molar-refractivity contribution in [3.05, 3.63) is 34.9 Å². The van der Waals surface area contributed by atoms with Gasteiger partial charge in [-0.15, -0.1) is 0 Å². The second-order valence-electron chi connectivity index (χ2n) is 9.41. The van der Waals surface area contributed by atoms with Gasteiger partial charge in [-0.3, -0.25) is 14.4 Å². The summed E-state index contributed by atoms with van der Waals surface area (Å²) in [4.78, 5) is 40.0. The molecule has 1 aromatic rings. The predicted molar refractivity (Wildman–Crippen MR) is 129 cm³/mol. The van der Waals surface area contributed by atoms with Crippen molar-refractivity contribution in [1.82, 2.24) is 10.2 Å². The molecule has 3 aliphatic rings. The van der Waals surface area contributed by atoms with Crippen LogP contribution in [0.4, 0.5) is 0 Å². The Labute approximate surface area is 210 Å². The fourth-order valence-corrected chi connectivity index (χ4v) is 5.56. The van der Waals surface area contributed by atoms with E-state index in [9.17, 15) is 24.6 Å². The normalized spacial score (nSPS) is 24.8. The highest BCUT2D eigenvalue weighted by Gasteiger charge is 2.51. The third kappa shape index (κ3) is 4.85. The first kappa shape index (κ1) is 26.1. The fourth-order valence-electron chi connectivity index (χ4n) is 5.56. The molecule has 1 saturated carbocycles. The highest BCUT2D eigenvalue weighted by atomic mass is 16.5. The van der Waals surface area contributed by atoms with Crippen molar-refractivity contribution < 1.29 is 38.8 Å². The molecule has 4 atom stereocenters. The number of nitrogens with zero attached hydrogens (tertiary/aromatic N) is 1. The number of methoxy groups -OCH3 is 2. The van der Waals surface area contributed by atoms with Crippen LogP contribution in [0.5, 0.6) is 11.5 Å². The summed E-state index contributed by atoms with van der Waals surface area (Å²) in [5.74, 6) is -0.670. The average Bonchev–Trinajstić information content (AvgIpc) is 3.56. The number of hydrogen-bond donors (Lipinski definition) is 3. The number of benzene rings is 1. The first-order chi connectivity index (χ1) is 17.4. The summed E-state index contributed by atoms with van der Waals surface area (Å²) in [6.45, 7) is 0.321. The van der Waals surface area contributed by atoms with Crippen LogP contribution in [0.1, 0.15) is 47.5 Å². The molecule has 0 aromatic heterocycles. The average molecular weight is 503 g/mol. The molecule has 0 spiro atoms. The molecule has 10 nitrogen and oxygen atoms in total. The third-order valence-corrected chi connectivity index (χ3v) is 7.29. The van der Waals surface area contributed by atoms with Gasteiger partial charge in [-0.2, -0.15) is 0 Å². The number of fused-ring (bicyclic) bond motifs is 3. The van der Waals surface area contributed by atoms with E-state index in [2.05, 4.69) is 5.32 Å². The zero-order valence-corrected chi connectivity index (χ0v) is 20.6. The first-order valence-electron chi connectivity index (χ1n) is 12.4. The van der Waals surface area contributed by atoms with Gasteiger partial charge >= 0.3 is 0 Å². The van der Waals surface area contributed by atoms with Gasteiger partial charge in [0.15, 0.2) is 11.5 Å². The first-order valence-corrected chi connectivity index (χ1v) is 12.4. The molecule has 0 radical (unpaired) electrons. The van der Waals surface area contributed by atoms with Crippen molar-refractivity contribution >= 4 is 18.1 Å². The van der Waals surface area contributed by atoms with E-state index in [1.54, 1.807) is 24.2 Å². The molecule has 36 heavy (non-hydrogen) atoms. The van der Waals surface area contributed by atoms with Gasteiger partial charge in [-0.05, 0) is 31.1 Å². The van der Waals surface area contributed by atoms with Crippen LogP contribution in [0.2, 0.25) is 0 Å². The summed E-state index contributed by atoms with van der Waals surface area (Å²) in [5, 5.41) is 23.5. The highest BCUT2D eigenvalue weighted by molar-refractivity contribution is 5.96. The molecule has 0 bridgehead atoms. The Bertz CT molecular complexity index is 1020. The maximum atomic E-state index is 13.5. The highest BCUT2D eigenvalue weighted by Crippen LogP contribution is 2.51. The minimum atomic E-state index is -1.15. The van der Waals surface area contributed by atoms with Crippen molar-refractivity contribution in [3.63, 3.8) is 0 Å².